The number of pyridine rings is 1. The van der Waals surface area contributed by atoms with Gasteiger partial charge in [0.25, 0.3) is 0 Å². The van der Waals surface area contributed by atoms with Crippen LogP contribution in [0.3, 0.4) is 0 Å². The van der Waals surface area contributed by atoms with Gasteiger partial charge in [0, 0.05) is 18.8 Å². The average Bonchev–Trinajstić information content (AvgIpc) is 2.96. The van der Waals surface area contributed by atoms with E-state index in [1.54, 1.807) is 17.4 Å². The lowest BCUT2D eigenvalue weighted by molar-refractivity contribution is -0.0248. The monoisotopic (exact) mass is 326 g/mol. The molecule has 7 heteroatoms. The number of rotatable bonds is 5. The van der Waals surface area contributed by atoms with Crippen LogP contribution in [0.4, 0.5) is 0 Å². The van der Waals surface area contributed by atoms with Crippen molar-refractivity contribution in [1.82, 2.24) is 9.29 Å². The number of nitrogens with zero attached hydrogens (tertiary/aromatic N) is 2. The first-order valence-electron chi connectivity index (χ1n) is 7.75. The van der Waals surface area contributed by atoms with Gasteiger partial charge in [-0.3, -0.25) is 0 Å². The molecule has 3 rings (SSSR count). The summed E-state index contributed by atoms with van der Waals surface area (Å²) in [5, 5.41) is 0. The summed E-state index contributed by atoms with van der Waals surface area (Å²) in [5.74, 6) is 1.05. The number of fused-ring (bicyclic) bond motifs is 1. The van der Waals surface area contributed by atoms with Crippen LogP contribution in [0.5, 0.6) is 5.88 Å². The third kappa shape index (κ3) is 3.26. The summed E-state index contributed by atoms with van der Waals surface area (Å²) in [6.45, 7) is 3.18. The summed E-state index contributed by atoms with van der Waals surface area (Å²) in [5.41, 5.74) is 0. The maximum atomic E-state index is 12.2. The molecular formula is C15H22N2O4S. The largest absolute Gasteiger partial charge is 0.477 e. The molecule has 0 aromatic carbocycles. The molecule has 0 radical (unpaired) electrons. The highest BCUT2D eigenvalue weighted by Crippen LogP contribution is 2.35. The van der Waals surface area contributed by atoms with E-state index in [-0.39, 0.29) is 17.9 Å². The van der Waals surface area contributed by atoms with Gasteiger partial charge in [-0.2, -0.15) is 4.31 Å². The highest BCUT2D eigenvalue weighted by atomic mass is 32.2. The molecule has 1 aliphatic heterocycles. The average molecular weight is 326 g/mol. The van der Waals surface area contributed by atoms with Crippen LogP contribution in [0.25, 0.3) is 0 Å². The lowest BCUT2D eigenvalue weighted by atomic mass is 10.1. The Morgan fingerprint density at radius 3 is 3.00 bits per heavy atom. The van der Waals surface area contributed by atoms with Crippen molar-refractivity contribution in [3.63, 3.8) is 0 Å². The molecule has 0 bridgehead atoms. The SMILES string of the molecule is CCS(=O)(=O)N1CCO[C@@H]2C[C@@H](COc3ccccn3)C[C@@H]21. The molecule has 0 spiro atoms. The maximum absolute atomic E-state index is 12.2. The normalized spacial score (nSPS) is 29.2. The maximum Gasteiger partial charge on any atom is 0.214 e. The van der Waals surface area contributed by atoms with Crippen molar-refractivity contribution in [2.45, 2.75) is 31.9 Å². The van der Waals surface area contributed by atoms with Crippen molar-refractivity contribution in [1.29, 1.82) is 0 Å². The van der Waals surface area contributed by atoms with Crippen LogP contribution in [-0.4, -0.2) is 55.4 Å². The Morgan fingerprint density at radius 1 is 1.41 bits per heavy atom. The fourth-order valence-corrected chi connectivity index (χ4v) is 4.62. The number of hydrogen-bond acceptors (Lipinski definition) is 5. The second-order valence-corrected chi connectivity index (χ2v) is 8.01. The zero-order chi connectivity index (χ0) is 15.6. The molecule has 22 heavy (non-hydrogen) atoms. The molecule has 1 aliphatic carbocycles. The van der Waals surface area contributed by atoms with Gasteiger partial charge in [0.1, 0.15) is 0 Å². The van der Waals surface area contributed by atoms with E-state index in [4.69, 9.17) is 9.47 Å². The molecule has 1 saturated heterocycles. The lowest BCUT2D eigenvalue weighted by Gasteiger charge is -2.36. The van der Waals surface area contributed by atoms with Gasteiger partial charge >= 0.3 is 0 Å². The highest BCUT2D eigenvalue weighted by molar-refractivity contribution is 7.89. The van der Waals surface area contributed by atoms with Crippen LogP contribution in [0.15, 0.2) is 24.4 Å². The van der Waals surface area contributed by atoms with Gasteiger partial charge < -0.3 is 9.47 Å². The number of sulfonamides is 1. The molecule has 0 N–H and O–H groups in total. The molecule has 122 valence electrons. The second-order valence-electron chi connectivity index (χ2n) is 5.80. The molecule has 0 unspecified atom stereocenters. The van der Waals surface area contributed by atoms with Gasteiger partial charge in [-0.25, -0.2) is 13.4 Å². The first-order chi connectivity index (χ1) is 10.6. The smallest absolute Gasteiger partial charge is 0.214 e. The predicted molar refractivity (Wildman–Crippen MR) is 82.2 cm³/mol. The summed E-state index contributed by atoms with van der Waals surface area (Å²) in [7, 11) is -3.17. The minimum Gasteiger partial charge on any atom is -0.477 e. The minimum absolute atomic E-state index is 0.00703. The Balaban J connectivity index is 1.62. The van der Waals surface area contributed by atoms with E-state index < -0.39 is 10.0 Å². The standard InChI is InChI=1S/C15H22N2O4S/c1-2-22(18,19)17-7-8-20-14-10-12(9-13(14)17)11-21-15-5-3-4-6-16-15/h3-6,12-14H,2,7-11H2,1H3/t12-,13-,14+/m0/s1. The second kappa shape index (κ2) is 6.52. The predicted octanol–water partition coefficient (Wildman–Crippen LogP) is 1.29. The van der Waals surface area contributed by atoms with E-state index >= 15 is 0 Å². The summed E-state index contributed by atoms with van der Waals surface area (Å²) in [6, 6.07) is 5.51. The minimum atomic E-state index is -3.17. The molecule has 1 aromatic rings. The summed E-state index contributed by atoms with van der Waals surface area (Å²) in [6.07, 6.45) is 3.32. The number of morpholine rings is 1. The van der Waals surface area contributed by atoms with Crippen LogP contribution in [-0.2, 0) is 14.8 Å². The first kappa shape index (κ1) is 15.7. The zero-order valence-corrected chi connectivity index (χ0v) is 13.5. The molecule has 1 aromatic heterocycles. The summed E-state index contributed by atoms with van der Waals surface area (Å²) in [4.78, 5) is 4.14. The van der Waals surface area contributed by atoms with Gasteiger partial charge in [0.15, 0.2) is 0 Å². The molecule has 2 heterocycles. The van der Waals surface area contributed by atoms with Crippen LogP contribution < -0.4 is 4.74 Å². The van der Waals surface area contributed by atoms with E-state index in [2.05, 4.69) is 4.98 Å². The van der Waals surface area contributed by atoms with Gasteiger partial charge in [-0.15, -0.1) is 0 Å². The fraction of sp³-hybridized carbons (Fsp3) is 0.667. The van der Waals surface area contributed by atoms with E-state index in [0.717, 1.165) is 12.8 Å². The van der Waals surface area contributed by atoms with Crippen LogP contribution in [0.2, 0.25) is 0 Å². The van der Waals surface area contributed by atoms with E-state index in [1.165, 1.54) is 0 Å². The Bertz CT molecular complexity index is 593. The molecule has 2 aliphatic rings. The third-order valence-electron chi connectivity index (χ3n) is 4.41. The highest BCUT2D eigenvalue weighted by Gasteiger charge is 2.45. The zero-order valence-electron chi connectivity index (χ0n) is 12.7. The van der Waals surface area contributed by atoms with E-state index in [1.807, 2.05) is 18.2 Å². The number of hydrogen-bond donors (Lipinski definition) is 0. The lowest BCUT2D eigenvalue weighted by Crippen LogP contribution is -2.51. The van der Waals surface area contributed by atoms with Crippen LogP contribution >= 0.6 is 0 Å². The summed E-state index contributed by atoms with van der Waals surface area (Å²) >= 11 is 0. The molecule has 1 saturated carbocycles. The Hall–Kier alpha value is -1.18. The van der Waals surface area contributed by atoms with Gasteiger partial charge in [-0.05, 0) is 31.7 Å². The Kier molecular flexibility index (Phi) is 4.65. The molecule has 0 amide bonds. The van der Waals surface area contributed by atoms with Gasteiger partial charge in [0.05, 0.1) is 31.1 Å². The Labute approximate surface area is 131 Å². The van der Waals surface area contributed by atoms with Crippen molar-refractivity contribution < 1.29 is 17.9 Å². The van der Waals surface area contributed by atoms with Crippen LogP contribution in [0, 0.1) is 5.92 Å². The quantitative estimate of drug-likeness (QED) is 0.815. The number of ether oxygens (including phenoxy) is 2. The van der Waals surface area contributed by atoms with Crippen molar-refractivity contribution in [2.75, 3.05) is 25.5 Å². The molecule has 3 atom stereocenters. The van der Waals surface area contributed by atoms with Gasteiger partial charge in [0.2, 0.25) is 15.9 Å². The van der Waals surface area contributed by atoms with E-state index in [0.29, 0.717) is 31.6 Å². The van der Waals surface area contributed by atoms with Crippen molar-refractivity contribution in [3.8, 4) is 5.88 Å². The fourth-order valence-electron chi connectivity index (χ4n) is 3.30. The first-order valence-corrected chi connectivity index (χ1v) is 9.36. The summed E-state index contributed by atoms with van der Waals surface area (Å²) < 4.78 is 37.6. The topological polar surface area (TPSA) is 68.7 Å². The van der Waals surface area contributed by atoms with Crippen molar-refractivity contribution >= 4 is 10.0 Å². The molecular weight excluding hydrogens is 304 g/mol. The Morgan fingerprint density at radius 2 is 2.27 bits per heavy atom. The van der Waals surface area contributed by atoms with Crippen LogP contribution in [0.1, 0.15) is 19.8 Å². The third-order valence-corrected chi connectivity index (χ3v) is 6.31. The molecule has 6 nitrogen and oxygen atoms in total. The number of aromatic nitrogens is 1. The molecule has 2 fully saturated rings. The van der Waals surface area contributed by atoms with E-state index in [9.17, 15) is 8.42 Å². The van der Waals surface area contributed by atoms with Crippen molar-refractivity contribution in [3.05, 3.63) is 24.4 Å². The van der Waals surface area contributed by atoms with Gasteiger partial charge in [-0.1, -0.05) is 6.07 Å². The van der Waals surface area contributed by atoms with Crippen molar-refractivity contribution in [2.24, 2.45) is 5.92 Å².